The topological polar surface area (TPSA) is 32.8 Å². The number of carbonyl (C=O) groups excluding carboxylic acids is 1. The third kappa shape index (κ3) is 3.69. The van der Waals surface area contributed by atoms with E-state index in [2.05, 4.69) is 23.6 Å². The first-order valence-corrected chi connectivity index (χ1v) is 7.77. The summed E-state index contributed by atoms with van der Waals surface area (Å²) in [6.07, 6.45) is 4.54. The summed E-state index contributed by atoms with van der Waals surface area (Å²) >= 11 is 0. The van der Waals surface area contributed by atoms with Gasteiger partial charge in [-0.1, -0.05) is 6.42 Å². The van der Waals surface area contributed by atoms with Crippen molar-refractivity contribution in [3.63, 3.8) is 0 Å². The van der Waals surface area contributed by atoms with Crippen molar-refractivity contribution in [3.8, 4) is 0 Å². The Morgan fingerprint density at radius 3 is 2.89 bits per heavy atom. The van der Waals surface area contributed by atoms with E-state index in [0.29, 0.717) is 25.1 Å². The van der Waals surface area contributed by atoms with E-state index in [0.717, 1.165) is 13.1 Å². The summed E-state index contributed by atoms with van der Waals surface area (Å²) in [4.78, 5) is 16.8. The van der Waals surface area contributed by atoms with Crippen LogP contribution in [0, 0.1) is 0 Å². The van der Waals surface area contributed by atoms with E-state index in [1.165, 1.54) is 25.8 Å². The van der Waals surface area contributed by atoms with Gasteiger partial charge in [-0.05, 0) is 40.2 Å². The second-order valence-corrected chi connectivity index (χ2v) is 6.05. The third-order valence-corrected chi connectivity index (χ3v) is 4.57. The number of rotatable bonds is 4. The Labute approximate surface area is 117 Å². The number of esters is 1. The standard InChI is InChI=1S/C15H28N2O2/c1-4-19-15(18)9-12(2)17-11-14-7-5-6-8-16(14)10-13(17)3/h12-14H,4-11H2,1-3H3. The molecule has 4 nitrogen and oxygen atoms in total. The Bertz CT molecular complexity index is 309. The van der Waals surface area contributed by atoms with Gasteiger partial charge in [-0.3, -0.25) is 14.6 Å². The Balaban J connectivity index is 1.90. The summed E-state index contributed by atoms with van der Waals surface area (Å²) in [5.41, 5.74) is 0. The predicted molar refractivity (Wildman–Crippen MR) is 76.1 cm³/mol. The fourth-order valence-electron chi connectivity index (χ4n) is 3.57. The van der Waals surface area contributed by atoms with Crippen LogP contribution in [0.15, 0.2) is 0 Å². The zero-order valence-corrected chi connectivity index (χ0v) is 12.6. The Morgan fingerprint density at radius 2 is 2.16 bits per heavy atom. The molecule has 3 unspecified atom stereocenters. The van der Waals surface area contributed by atoms with Crippen molar-refractivity contribution >= 4 is 5.97 Å². The minimum atomic E-state index is -0.0618. The molecule has 0 aromatic rings. The SMILES string of the molecule is CCOC(=O)CC(C)N1CC2CCCCN2CC1C. The number of nitrogens with zero attached hydrogens (tertiary/aromatic N) is 2. The van der Waals surface area contributed by atoms with Crippen LogP contribution in [-0.2, 0) is 9.53 Å². The first-order chi connectivity index (χ1) is 9.11. The molecule has 2 aliphatic rings. The van der Waals surface area contributed by atoms with Crippen molar-refractivity contribution in [2.75, 3.05) is 26.2 Å². The highest BCUT2D eigenvalue weighted by atomic mass is 16.5. The molecule has 0 aromatic heterocycles. The molecule has 0 N–H and O–H groups in total. The fourth-order valence-corrected chi connectivity index (χ4v) is 3.57. The molecule has 0 radical (unpaired) electrons. The molecular formula is C15H28N2O2. The molecule has 0 bridgehead atoms. The number of hydrogen-bond acceptors (Lipinski definition) is 4. The number of ether oxygens (including phenoxy) is 1. The van der Waals surface area contributed by atoms with Crippen LogP contribution in [0.3, 0.4) is 0 Å². The van der Waals surface area contributed by atoms with Gasteiger partial charge >= 0.3 is 5.97 Å². The molecule has 0 aliphatic carbocycles. The average Bonchev–Trinajstić information content (AvgIpc) is 2.38. The minimum absolute atomic E-state index is 0.0618. The number of piperazine rings is 1. The zero-order valence-electron chi connectivity index (χ0n) is 12.6. The number of piperidine rings is 1. The molecule has 0 spiro atoms. The van der Waals surface area contributed by atoms with Crippen molar-refractivity contribution in [1.29, 1.82) is 0 Å². The van der Waals surface area contributed by atoms with Gasteiger partial charge in [0.2, 0.25) is 0 Å². The Morgan fingerprint density at radius 1 is 1.37 bits per heavy atom. The molecule has 0 saturated carbocycles. The second kappa shape index (κ2) is 6.71. The van der Waals surface area contributed by atoms with Gasteiger partial charge in [0.1, 0.15) is 0 Å². The molecule has 0 aromatic carbocycles. The number of hydrogen-bond donors (Lipinski definition) is 0. The van der Waals surface area contributed by atoms with Crippen molar-refractivity contribution in [3.05, 3.63) is 0 Å². The van der Waals surface area contributed by atoms with Crippen LogP contribution >= 0.6 is 0 Å². The second-order valence-electron chi connectivity index (χ2n) is 6.05. The smallest absolute Gasteiger partial charge is 0.307 e. The van der Waals surface area contributed by atoms with Crippen molar-refractivity contribution < 1.29 is 9.53 Å². The summed E-state index contributed by atoms with van der Waals surface area (Å²) in [6, 6.07) is 1.53. The average molecular weight is 268 g/mol. The van der Waals surface area contributed by atoms with Gasteiger partial charge in [0.05, 0.1) is 13.0 Å². The lowest BCUT2D eigenvalue weighted by Crippen LogP contribution is -2.60. The van der Waals surface area contributed by atoms with Crippen molar-refractivity contribution in [2.45, 2.75) is 64.6 Å². The first kappa shape index (κ1) is 14.8. The van der Waals surface area contributed by atoms with Crippen LogP contribution in [0.2, 0.25) is 0 Å². The normalized spacial score (nSPS) is 30.7. The van der Waals surface area contributed by atoms with Crippen LogP contribution in [0.25, 0.3) is 0 Å². The van der Waals surface area contributed by atoms with E-state index in [-0.39, 0.29) is 12.0 Å². The third-order valence-electron chi connectivity index (χ3n) is 4.57. The summed E-state index contributed by atoms with van der Waals surface area (Å²) < 4.78 is 5.07. The van der Waals surface area contributed by atoms with Crippen LogP contribution in [0.5, 0.6) is 0 Å². The van der Waals surface area contributed by atoms with E-state index in [1.54, 1.807) is 0 Å². The van der Waals surface area contributed by atoms with Crippen LogP contribution < -0.4 is 0 Å². The van der Waals surface area contributed by atoms with Gasteiger partial charge in [0, 0.05) is 31.2 Å². The van der Waals surface area contributed by atoms with Crippen LogP contribution in [0.4, 0.5) is 0 Å². The number of carbonyl (C=O) groups is 1. The van der Waals surface area contributed by atoms with E-state index in [1.807, 2.05) is 6.92 Å². The van der Waals surface area contributed by atoms with E-state index in [9.17, 15) is 4.79 Å². The van der Waals surface area contributed by atoms with Crippen molar-refractivity contribution in [2.24, 2.45) is 0 Å². The predicted octanol–water partition coefficient (Wildman–Crippen LogP) is 1.89. The van der Waals surface area contributed by atoms with Gasteiger partial charge < -0.3 is 4.74 Å². The number of fused-ring (bicyclic) bond motifs is 1. The molecule has 19 heavy (non-hydrogen) atoms. The highest BCUT2D eigenvalue weighted by molar-refractivity contribution is 5.70. The van der Waals surface area contributed by atoms with Gasteiger partial charge in [-0.25, -0.2) is 0 Å². The van der Waals surface area contributed by atoms with Crippen LogP contribution in [-0.4, -0.2) is 60.1 Å². The maximum atomic E-state index is 11.6. The van der Waals surface area contributed by atoms with Gasteiger partial charge in [-0.15, -0.1) is 0 Å². The summed E-state index contributed by atoms with van der Waals surface area (Å²) in [5, 5.41) is 0. The quantitative estimate of drug-likeness (QED) is 0.729. The van der Waals surface area contributed by atoms with Gasteiger partial charge in [0.15, 0.2) is 0 Å². The molecule has 2 heterocycles. The molecular weight excluding hydrogens is 240 g/mol. The first-order valence-electron chi connectivity index (χ1n) is 7.77. The van der Waals surface area contributed by atoms with E-state index in [4.69, 9.17) is 4.74 Å². The van der Waals surface area contributed by atoms with Crippen molar-refractivity contribution in [1.82, 2.24) is 9.80 Å². The highest BCUT2D eigenvalue weighted by Gasteiger charge is 2.35. The molecule has 0 amide bonds. The fraction of sp³-hybridized carbons (Fsp3) is 0.933. The molecule has 2 rings (SSSR count). The van der Waals surface area contributed by atoms with E-state index >= 15 is 0 Å². The largest absolute Gasteiger partial charge is 0.466 e. The lowest BCUT2D eigenvalue weighted by atomic mass is 9.95. The lowest BCUT2D eigenvalue weighted by molar-refractivity contribution is -0.145. The summed E-state index contributed by atoms with van der Waals surface area (Å²) in [6.45, 7) is 10.3. The summed E-state index contributed by atoms with van der Waals surface area (Å²) in [7, 11) is 0. The van der Waals surface area contributed by atoms with Crippen LogP contribution in [0.1, 0.15) is 46.5 Å². The summed E-state index contributed by atoms with van der Waals surface area (Å²) in [5.74, 6) is -0.0618. The molecule has 2 saturated heterocycles. The maximum absolute atomic E-state index is 11.6. The van der Waals surface area contributed by atoms with Gasteiger partial charge in [0.25, 0.3) is 0 Å². The molecule has 2 fully saturated rings. The molecule has 2 aliphatic heterocycles. The molecule has 110 valence electrons. The highest BCUT2D eigenvalue weighted by Crippen LogP contribution is 2.26. The lowest BCUT2D eigenvalue weighted by Gasteiger charge is -2.49. The minimum Gasteiger partial charge on any atom is -0.466 e. The Kier molecular flexibility index (Phi) is 5.22. The Hall–Kier alpha value is -0.610. The van der Waals surface area contributed by atoms with Gasteiger partial charge in [-0.2, -0.15) is 0 Å². The van der Waals surface area contributed by atoms with E-state index < -0.39 is 0 Å². The maximum Gasteiger partial charge on any atom is 0.307 e. The zero-order chi connectivity index (χ0) is 13.8. The molecule has 3 atom stereocenters. The monoisotopic (exact) mass is 268 g/mol. The molecule has 4 heteroatoms.